The molecular weight excluding hydrogens is 206 g/mol. The standard InChI is InChI=1S/C11H11N3O2/c1-16-10-6-2-5-9(13-10)14-7-3-4-8(12)11(14)15/h2-7H,12H2,1H3. The minimum Gasteiger partial charge on any atom is -0.481 e. The maximum atomic E-state index is 11.7. The summed E-state index contributed by atoms with van der Waals surface area (Å²) in [6, 6.07) is 8.43. The Morgan fingerprint density at radius 3 is 2.88 bits per heavy atom. The van der Waals surface area contributed by atoms with Gasteiger partial charge in [0.2, 0.25) is 5.88 Å². The Morgan fingerprint density at radius 1 is 1.31 bits per heavy atom. The summed E-state index contributed by atoms with van der Waals surface area (Å²) in [6.07, 6.45) is 1.61. The van der Waals surface area contributed by atoms with E-state index in [0.717, 1.165) is 0 Å². The monoisotopic (exact) mass is 217 g/mol. The van der Waals surface area contributed by atoms with Crippen molar-refractivity contribution in [2.24, 2.45) is 0 Å². The normalized spacial score (nSPS) is 10.1. The van der Waals surface area contributed by atoms with Gasteiger partial charge in [0.25, 0.3) is 5.56 Å². The van der Waals surface area contributed by atoms with Gasteiger partial charge in [0.1, 0.15) is 5.82 Å². The van der Waals surface area contributed by atoms with Gasteiger partial charge in [-0.1, -0.05) is 6.07 Å². The van der Waals surface area contributed by atoms with E-state index in [1.807, 2.05) is 0 Å². The molecule has 0 aromatic carbocycles. The second-order valence-corrected chi connectivity index (χ2v) is 3.18. The van der Waals surface area contributed by atoms with Gasteiger partial charge in [-0.3, -0.25) is 9.36 Å². The molecule has 0 amide bonds. The summed E-state index contributed by atoms with van der Waals surface area (Å²) >= 11 is 0. The van der Waals surface area contributed by atoms with Crippen LogP contribution in [0.5, 0.6) is 5.88 Å². The molecule has 5 heteroatoms. The van der Waals surface area contributed by atoms with Crippen molar-refractivity contribution in [2.75, 3.05) is 12.8 Å². The molecule has 0 saturated carbocycles. The highest BCUT2D eigenvalue weighted by atomic mass is 16.5. The highest BCUT2D eigenvalue weighted by molar-refractivity contribution is 5.38. The summed E-state index contributed by atoms with van der Waals surface area (Å²) in [4.78, 5) is 15.9. The molecule has 0 bridgehead atoms. The number of nitrogens with zero attached hydrogens (tertiary/aromatic N) is 2. The topological polar surface area (TPSA) is 70.1 Å². The van der Waals surface area contributed by atoms with Crippen LogP contribution in [0.3, 0.4) is 0 Å². The summed E-state index contributed by atoms with van der Waals surface area (Å²) < 4.78 is 6.36. The van der Waals surface area contributed by atoms with Gasteiger partial charge in [-0.2, -0.15) is 4.98 Å². The second-order valence-electron chi connectivity index (χ2n) is 3.18. The number of nitrogen functional groups attached to an aromatic ring is 1. The molecule has 0 saturated heterocycles. The zero-order chi connectivity index (χ0) is 11.5. The number of methoxy groups -OCH3 is 1. The van der Waals surface area contributed by atoms with E-state index in [2.05, 4.69) is 4.98 Å². The third kappa shape index (κ3) is 1.75. The van der Waals surface area contributed by atoms with E-state index >= 15 is 0 Å². The van der Waals surface area contributed by atoms with Crippen molar-refractivity contribution in [3.05, 3.63) is 46.9 Å². The summed E-state index contributed by atoms with van der Waals surface area (Å²) in [5.41, 5.74) is 5.43. The van der Waals surface area contributed by atoms with Gasteiger partial charge >= 0.3 is 0 Å². The van der Waals surface area contributed by atoms with Crippen molar-refractivity contribution >= 4 is 5.69 Å². The van der Waals surface area contributed by atoms with Crippen molar-refractivity contribution in [1.82, 2.24) is 9.55 Å². The Kier molecular flexibility index (Phi) is 2.59. The van der Waals surface area contributed by atoms with E-state index in [1.54, 1.807) is 36.5 Å². The third-order valence-corrected chi connectivity index (χ3v) is 2.14. The summed E-state index contributed by atoms with van der Waals surface area (Å²) in [7, 11) is 1.52. The lowest BCUT2D eigenvalue weighted by Crippen LogP contribution is -2.21. The molecule has 0 aliphatic rings. The lowest BCUT2D eigenvalue weighted by molar-refractivity contribution is 0.397. The molecule has 2 N–H and O–H groups in total. The van der Waals surface area contributed by atoms with Crippen LogP contribution in [0.1, 0.15) is 0 Å². The smallest absolute Gasteiger partial charge is 0.279 e. The van der Waals surface area contributed by atoms with Crippen molar-refractivity contribution in [2.45, 2.75) is 0 Å². The van der Waals surface area contributed by atoms with Crippen LogP contribution in [-0.2, 0) is 0 Å². The van der Waals surface area contributed by atoms with Crippen molar-refractivity contribution in [3.63, 3.8) is 0 Å². The number of hydrogen-bond acceptors (Lipinski definition) is 4. The lowest BCUT2D eigenvalue weighted by Gasteiger charge is -2.06. The number of nitrogens with two attached hydrogens (primary N) is 1. The van der Waals surface area contributed by atoms with Gasteiger partial charge in [-0.25, -0.2) is 0 Å². The van der Waals surface area contributed by atoms with E-state index < -0.39 is 0 Å². The number of hydrogen-bond donors (Lipinski definition) is 1. The van der Waals surface area contributed by atoms with Gasteiger partial charge in [-0.05, 0) is 18.2 Å². The Balaban J connectivity index is 2.59. The van der Waals surface area contributed by atoms with Crippen LogP contribution in [-0.4, -0.2) is 16.7 Å². The number of pyridine rings is 2. The van der Waals surface area contributed by atoms with Gasteiger partial charge in [0.15, 0.2) is 0 Å². The van der Waals surface area contributed by atoms with Crippen LogP contribution >= 0.6 is 0 Å². The van der Waals surface area contributed by atoms with Crippen molar-refractivity contribution in [3.8, 4) is 11.7 Å². The Morgan fingerprint density at radius 2 is 2.12 bits per heavy atom. The minimum atomic E-state index is -0.289. The van der Waals surface area contributed by atoms with Crippen LogP contribution in [0, 0.1) is 0 Å². The number of rotatable bonds is 2. The van der Waals surface area contributed by atoms with E-state index in [9.17, 15) is 4.79 Å². The average molecular weight is 217 g/mol. The molecule has 0 aliphatic carbocycles. The minimum absolute atomic E-state index is 0.187. The van der Waals surface area contributed by atoms with E-state index in [4.69, 9.17) is 10.5 Å². The molecule has 0 spiro atoms. The molecule has 0 radical (unpaired) electrons. The second kappa shape index (κ2) is 4.06. The molecule has 2 rings (SSSR count). The zero-order valence-electron chi connectivity index (χ0n) is 8.75. The van der Waals surface area contributed by atoms with Crippen LogP contribution in [0.25, 0.3) is 5.82 Å². The van der Waals surface area contributed by atoms with Gasteiger partial charge in [0.05, 0.1) is 12.8 Å². The van der Waals surface area contributed by atoms with Crippen LogP contribution in [0.4, 0.5) is 5.69 Å². The quantitative estimate of drug-likeness (QED) is 0.808. The van der Waals surface area contributed by atoms with E-state index in [0.29, 0.717) is 11.7 Å². The summed E-state index contributed by atoms with van der Waals surface area (Å²) in [5, 5.41) is 0. The van der Waals surface area contributed by atoms with Crippen LogP contribution in [0.2, 0.25) is 0 Å². The molecule has 82 valence electrons. The number of aromatic nitrogens is 2. The zero-order valence-corrected chi connectivity index (χ0v) is 8.75. The van der Waals surface area contributed by atoms with E-state index in [1.165, 1.54) is 11.7 Å². The number of anilines is 1. The molecular formula is C11H11N3O2. The van der Waals surface area contributed by atoms with Gasteiger partial charge < -0.3 is 10.5 Å². The fourth-order valence-corrected chi connectivity index (χ4v) is 1.34. The molecule has 2 aromatic rings. The van der Waals surface area contributed by atoms with Crippen molar-refractivity contribution in [1.29, 1.82) is 0 Å². The first-order valence-corrected chi connectivity index (χ1v) is 4.71. The predicted molar refractivity (Wildman–Crippen MR) is 60.8 cm³/mol. The third-order valence-electron chi connectivity index (χ3n) is 2.14. The van der Waals surface area contributed by atoms with E-state index in [-0.39, 0.29) is 11.2 Å². The Labute approximate surface area is 92.1 Å². The Hall–Kier alpha value is -2.30. The first-order chi connectivity index (χ1) is 7.72. The first kappa shape index (κ1) is 10.2. The highest BCUT2D eigenvalue weighted by Gasteiger charge is 2.03. The molecule has 5 nitrogen and oxygen atoms in total. The average Bonchev–Trinajstić information content (AvgIpc) is 2.33. The molecule has 0 atom stereocenters. The maximum Gasteiger partial charge on any atom is 0.279 e. The summed E-state index contributed by atoms with van der Waals surface area (Å²) in [5.74, 6) is 0.934. The molecule has 0 fully saturated rings. The largest absolute Gasteiger partial charge is 0.481 e. The predicted octanol–water partition coefficient (Wildman–Crippen LogP) is 0.823. The number of ether oxygens (including phenoxy) is 1. The lowest BCUT2D eigenvalue weighted by atomic mass is 10.4. The van der Waals surface area contributed by atoms with Crippen LogP contribution < -0.4 is 16.0 Å². The fraction of sp³-hybridized carbons (Fsp3) is 0.0909. The van der Waals surface area contributed by atoms with Crippen molar-refractivity contribution < 1.29 is 4.74 Å². The summed E-state index contributed by atoms with van der Waals surface area (Å²) in [6.45, 7) is 0. The molecule has 0 unspecified atom stereocenters. The van der Waals surface area contributed by atoms with Crippen LogP contribution in [0.15, 0.2) is 41.3 Å². The first-order valence-electron chi connectivity index (χ1n) is 4.71. The molecule has 2 heterocycles. The van der Waals surface area contributed by atoms with Gasteiger partial charge in [0, 0.05) is 12.3 Å². The molecule has 16 heavy (non-hydrogen) atoms. The Bertz CT molecular complexity index is 563. The SMILES string of the molecule is COc1cccc(-n2cccc(N)c2=O)n1. The molecule has 2 aromatic heterocycles. The fourth-order valence-electron chi connectivity index (χ4n) is 1.34. The molecule has 0 aliphatic heterocycles. The highest BCUT2D eigenvalue weighted by Crippen LogP contribution is 2.09. The van der Waals surface area contributed by atoms with Gasteiger partial charge in [-0.15, -0.1) is 0 Å². The maximum absolute atomic E-state index is 11.7.